The van der Waals surface area contributed by atoms with Gasteiger partial charge in [-0.05, 0) is 44.0 Å². The quantitative estimate of drug-likeness (QED) is 0.824. The van der Waals surface area contributed by atoms with Crippen LogP contribution in [0.1, 0.15) is 28.8 Å². The molecule has 2 nitrogen and oxygen atoms in total. The van der Waals surface area contributed by atoms with Crippen molar-refractivity contribution in [3.63, 3.8) is 0 Å². The van der Waals surface area contributed by atoms with Gasteiger partial charge in [-0.25, -0.2) is 4.39 Å². The van der Waals surface area contributed by atoms with Crippen LogP contribution >= 0.6 is 11.6 Å². The molecule has 0 aliphatic carbocycles. The van der Waals surface area contributed by atoms with Crippen LogP contribution in [0.25, 0.3) is 0 Å². The lowest BCUT2D eigenvalue weighted by atomic mass is 9.90. The number of carbonyl (C=O) groups excluding carboxylic acids is 1. The Hall–Kier alpha value is -0.930. The van der Waals surface area contributed by atoms with Crippen molar-refractivity contribution < 1.29 is 9.18 Å². The maximum atomic E-state index is 13.5. The van der Waals surface area contributed by atoms with Crippen molar-refractivity contribution in [2.75, 3.05) is 13.1 Å². The highest BCUT2D eigenvalue weighted by Crippen LogP contribution is 2.25. The summed E-state index contributed by atoms with van der Waals surface area (Å²) in [5, 5.41) is 3.52. The summed E-state index contributed by atoms with van der Waals surface area (Å²) in [6, 6.07) is 2.77. The van der Waals surface area contributed by atoms with E-state index < -0.39 is 0 Å². The van der Waals surface area contributed by atoms with Gasteiger partial charge in [0.1, 0.15) is 5.82 Å². The highest BCUT2D eigenvalue weighted by Gasteiger charge is 2.24. The fraction of sp³-hybridized carbons (Fsp3) is 0.462. The number of hydrogen-bond acceptors (Lipinski definition) is 2. The van der Waals surface area contributed by atoms with Crippen molar-refractivity contribution in [1.29, 1.82) is 0 Å². The maximum Gasteiger partial charge on any atom is 0.168 e. The summed E-state index contributed by atoms with van der Waals surface area (Å²) in [5.41, 5.74) is 0.775. The van der Waals surface area contributed by atoms with E-state index >= 15 is 0 Å². The molecular weight excluding hydrogens is 241 g/mol. The summed E-state index contributed by atoms with van der Waals surface area (Å²) in [6.45, 7) is 3.24. The lowest BCUT2D eigenvalue weighted by Gasteiger charge is -2.22. The minimum Gasteiger partial charge on any atom is -0.316 e. The van der Waals surface area contributed by atoms with Gasteiger partial charge in [0.15, 0.2) is 5.78 Å². The van der Waals surface area contributed by atoms with Gasteiger partial charge in [0.2, 0.25) is 0 Å². The van der Waals surface area contributed by atoms with E-state index in [1.165, 1.54) is 12.1 Å². The standard InChI is InChI=1S/C13H15ClFNO/c1-8-5-11(14)10(6-12(8)15)13(17)9-3-2-4-16-7-9/h5-6,9,16H,2-4,7H2,1H3. The number of benzene rings is 1. The van der Waals surface area contributed by atoms with E-state index in [2.05, 4.69) is 5.32 Å². The van der Waals surface area contributed by atoms with Gasteiger partial charge in [-0.3, -0.25) is 4.79 Å². The minimum atomic E-state index is -0.374. The van der Waals surface area contributed by atoms with Gasteiger partial charge in [-0.15, -0.1) is 0 Å². The molecule has 17 heavy (non-hydrogen) atoms. The fourth-order valence-corrected chi connectivity index (χ4v) is 2.44. The Morgan fingerprint density at radius 3 is 2.94 bits per heavy atom. The fourth-order valence-electron chi connectivity index (χ4n) is 2.13. The second-order valence-electron chi connectivity index (χ2n) is 4.49. The first-order valence-corrected chi connectivity index (χ1v) is 6.18. The van der Waals surface area contributed by atoms with Gasteiger partial charge < -0.3 is 5.32 Å². The molecule has 0 radical (unpaired) electrons. The third kappa shape index (κ3) is 2.67. The molecule has 1 aromatic carbocycles. The summed E-state index contributed by atoms with van der Waals surface area (Å²) >= 11 is 6.01. The van der Waals surface area contributed by atoms with Crippen molar-refractivity contribution in [1.82, 2.24) is 5.32 Å². The molecule has 1 atom stereocenters. The molecule has 0 saturated carbocycles. The number of Topliss-reactive ketones (excluding diaryl/α,β-unsaturated/α-hetero) is 1. The van der Waals surface area contributed by atoms with E-state index in [0.29, 0.717) is 22.7 Å². The SMILES string of the molecule is Cc1cc(Cl)c(C(=O)C2CCCNC2)cc1F. The summed E-state index contributed by atoms with van der Waals surface area (Å²) < 4.78 is 13.5. The molecule has 1 N–H and O–H groups in total. The van der Waals surface area contributed by atoms with Crippen LogP contribution in [0.2, 0.25) is 5.02 Å². The zero-order valence-corrected chi connectivity index (χ0v) is 10.5. The third-order valence-electron chi connectivity index (χ3n) is 3.18. The van der Waals surface area contributed by atoms with Crippen molar-refractivity contribution in [2.45, 2.75) is 19.8 Å². The number of hydrogen-bond donors (Lipinski definition) is 1. The van der Waals surface area contributed by atoms with Gasteiger partial charge in [-0.1, -0.05) is 11.6 Å². The smallest absolute Gasteiger partial charge is 0.168 e. The van der Waals surface area contributed by atoms with E-state index in [1.807, 2.05) is 0 Å². The largest absolute Gasteiger partial charge is 0.316 e. The number of piperidine rings is 1. The number of ketones is 1. The van der Waals surface area contributed by atoms with E-state index in [4.69, 9.17) is 11.6 Å². The first-order valence-electron chi connectivity index (χ1n) is 5.80. The molecule has 1 aliphatic rings. The Balaban J connectivity index is 2.26. The predicted octanol–water partition coefficient (Wildman–Crippen LogP) is 2.97. The van der Waals surface area contributed by atoms with Crippen LogP contribution in [0.3, 0.4) is 0 Å². The third-order valence-corrected chi connectivity index (χ3v) is 3.49. The molecule has 1 unspecified atom stereocenters. The molecule has 92 valence electrons. The van der Waals surface area contributed by atoms with Gasteiger partial charge in [0, 0.05) is 18.0 Å². The van der Waals surface area contributed by atoms with Crippen LogP contribution in [-0.2, 0) is 0 Å². The average molecular weight is 256 g/mol. The maximum absolute atomic E-state index is 13.5. The topological polar surface area (TPSA) is 29.1 Å². The molecule has 0 spiro atoms. The Bertz CT molecular complexity index is 441. The van der Waals surface area contributed by atoms with Crippen LogP contribution in [-0.4, -0.2) is 18.9 Å². The summed E-state index contributed by atoms with van der Waals surface area (Å²) in [4.78, 5) is 12.2. The molecule has 4 heteroatoms. The van der Waals surface area contributed by atoms with E-state index in [1.54, 1.807) is 6.92 Å². The second-order valence-corrected chi connectivity index (χ2v) is 4.90. The molecule has 1 fully saturated rings. The average Bonchev–Trinajstić information content (AvgIpc) is 2.34. The van der Waals surface area contributed by atoms with E-state index in [9.17, 15) is 9.18 Å². The second kappa shape index (κ2) is 5.15. The number of rotatable bonds is 2. The van der Waals surface area contributed by atoms with Crippen LogP contribution in [0, 0.1) is 18.7 Å². The zero-order valence-electron chi connectivity index (χ0n) is 9.72. The number of carbonyl (C=O) groups is 1. The number of aryl methyl sites for hydroxylation is 1. The highest BCUT2D eigenvalue weighted by molar-refractivity contribution is 6.34. The lowest BCUT2D eigenvalue weighted by molar-refractivity contribution is 0.0899. The first kappa shape index (κ1) is 12.5. The van der Waals surface area contributed by atoms with Gasteiger partial charge in [0.05, 0.1) is 5.02 Å². The van der Waals surface area contributed by atoms with Crippen LogP contribution < -0.4 is 5.32 Å². The molecule has 1 saturated heterocycles. The lowest BCUT2D eigenvalue weighted by Crippen LogP contribution is -2.34. The summed E-state index contributed by atoms with van der Waals surface area (Å²) in [6.07, 6.45) is 1.82. The molecule has 1 aromatic rings. The Morgan fingerprint density at radius 1 is 1.53 bits per heavy atom. The molecule has 2 rings (SSSR count). The van der Waals surface area contributed by atoms with Crippen LogP contribution in [0.4, 0.5) is 4.39 Å². The molecule has 0 amide bonds. The Labute approximate surface area is 105 Å². The van der Waals surface area contributed by atoms with Gasteiger partial charge in [0.25, 0.3) is 0 Å². The van der Waals surface area contributed by atoms with E-state index in [-0.39, 0.29) is 17.5 Å². The molecule has 0 aromatic heterocycles. The van der Waals surface area contributed by atoms with Crippen molar-refractivity contribution in [3.8, 4) is 0 Å². The van der Waals surface area contributed by atoms with Crippen molar-refractivity contribution in [2.24, 2.45) is 5.92 Å². The minimum absolute atomic E-state index is 0.0545. The van der Waals surface area contributed by atoms with Crippen LogP contribution in [0.5, 0.6) is 0 Å². The molecule has 1 aliphatic heterocycles. The molecule has 0 bridgehead atoms. The molecular formula is C13H15ClFNO. The molecule has 1 heterocycles. The Morgan fingerprint density at radius 2 is 2.29 bits per heavy atom. The van der Waals surface area contributed by atoms with Gasteiger partial charge >= 0.3 is 0 Å². The first-order chi connectivity index (χ1) is 8.09. The van der Waals surface area contributed by atoms with Crippen LogP contribution in [0.15, 0.2) is 12.1 Å². The Kier molecular flexibility index (Phi) is 3.79. The van der Waals surface area contributed by atoms with Crippen molar-refractivity contribution in [3.05, 3.63) is 34.1 Å². The summed E-state index contributed by atoms with van der Waals surface area (Å²) in [7, 11) is 0. The van der Waals surface area contributed by atoms with Crippen molar-refractivity contribution >= 4 is 17.4 Å². The summed E-state index contributed by atoms with van der Waals surface area (Å²) in [5.74, 6) is -0.508. The van der Waals surface area contributed by atoms with Gasteiger partial charge in [-0.2, -0.15) is 0 Å². The highest BCUT2D eigenvalue weighted by atomic mass is 35.5. The zero-order chi connectivity index (χ0) is 12.4. The predicted molar refractivity (Wildman–Crippen MR) is 66.1 cm³/mol. The number of halogens is 2. The van der Waals surface area contributed by atoms with E-state index in [0.717, 1.165) is 19.4 Å². The normalized spacial score (nSPS) is 20.3. The number of nitrogens with one attached hydrogen (secondary N) is 1. The monoisotopic (exact) mass is 255 g/mol.